The van der Waals surface area contributed by atoms with Crippen LogP contribution in [0.4, 0.5) is 0 Å². The Balaban J connectivity index is 0. The summed E-state index contributed by atoms with van der Waals surface area (Å²) in [4.78, 5) is 2.26. The van der Waals surface area contributed by atoms with Crippen LogP contribution in [0.25, 0.3) is 0 Å². The van der Waals surface area contributed by atoms with Crippen molar-refractivity contribution >= 4 is 0 Å². The summed E-state index contributed by atoms with van der Waals surface area (Å²) in [7, 11) is 4.26. The average Bonchev–Trinajstić information content (AvgIpc) is 2.28. The minimum Gasteiger partial charge on any atom is -0.307 e. The summed E-state index contributed by atoms with van der Waals surface area (Å²) in [5, 5.41) is 0. The molecule has 0 heterocycles. The summed E-state index contributed by atoms with van der Waals surface area (Å²) in [6.45, 7) is 16.1. The standard InChI is InChI=1S/C10H22.C8H19N/c1-5-7-10(4)8-9(3)6-2;1-7(2)6-8(3)9(4)5/h9-10H,5-8H2,1-4H3;7-8H,6H2,1-5H3. The summed E-state index contributed by atoms with van der Waals surface area (Å²) >= 11 is 0. The lowest BCUT2D eigenvalue weighted by Crippen LogP contribution is -2.25. The van der Waals surface area contributed by atoms with Gasteiger partial charge in [0.2, 0.25) is 0 Å². The molecule has 0 bridgehead atoms. The van der Waals surface area contributed by atoms with Crippen molar-refractivity contribution in [2.75, 3.05) is 14.1 Å². The van der Waals surface area contributed by atoms with Crippen LogP contribution >= 0.6 is 0 Å². The largest absolute Gasteiger partial charge is 0.307 e. The second-order valence-corrected chi connectivity index (χ2v) is 7.09. The molecule has 0 fully saturated rings. The van der Waals surface area contributed by atoms with Gasteiger partial charge in [-0.15, -0.1) is 0 Å². The van der Waals surface area contributed by atoms with E-state index in [4.69, 9.17) is 0 Å². The molecular formula is C18H41N. The van der Waals surface area contributed by atoms with E-state index in [0.717, 1.165) is 23.8 Å². The molecule has 3 unspecified atom stereocenters. The Hall–Kier alpha value is -0.0400. The molecule has 0 aliphatic carbocycles. The van der Waals surface area contributed by atoms with Gasteiger partial charge in [0.1, 0.15) is 0 Å². The van der Waals surface area contributed by atoms with Crippen LogP contribution in [0, 0.1) is 17.8 Å². The van der Waals surface area contributed by atoms with Gasteiger partial charge in [-0.2, -0.15) is 0 Å². The van der Waals surface area contributed by atoms with Crippen LogP contribution in [-0.2, 0) is 0 Å². The van der Waals surface area contributed by atoms with E-state index >= 15 is 0 Å². The molecule has 0 saturated carbocycles. The summed E-state index contributed by atoms with van der Waals surface area (Å²) in [6, 6.07) is 0.727. The van der Waals surface area contributed by atoms with Gasteiger partial charge in [0.05, 0.1) is 0 Å². The Morgan fingerprint density at radius 2 is 1.32 bits per heavy atom. The smallest absolute Gasteiger partial charge is 0.00632 e. The van der Waals surface area contributed by atoms with E-state index in [9.17, 15) is 0 Å². The molecule has 118 valence electrons. The van der Waals surface area contributed by atoms with Gasteiger partial charge in [-0.25, -0.2) is 0 Å². The van der Waals surface area contributed by atoms with Crippen LogP contribution in [0.5, 0.6) is 0 Å². The van der Waals surface area contributed by atoms with Crippen molar-refractivity contribution in [3.8, 4) is 0 Å². The van der Waals surface area contributed by atoms with Crippen LogP contribution in [0.2, 0.25) is 0 Å². The molecule has 3 atom stereocenters. The predicted molar refractivity (Wildman–Crippen MR) is 90.7 cm³/mol. The third-order valence-corrected chi connectivity index (χ3v) is 3.98. The van der Waals surface area contributed by atoms with Gasteiger partial charge in [0.25, 0.3) is 0 Å². The normalized spacial score (nSPS) is 15.9. The molecule has 0 aliphatic heterocycles. The highest BCUT2D eigenvalue weighted by atomic mass is 15.1. The Morgan fingerprint density at radius 3 is 1.58 bits per heavy atom. The topological polar surface area (TPSA) is 3.24 Å². The fourth-order valence-electron chi connectivity index (χ4n) is 2.36. The molecule has 0 aromatic heterocycles. The number of nitrogens with zero attached hydrogens (tertiary/aromatic N) is 1. The molecule has 0 amide bonds. The average molecular weight is 272 g/mol. The maximum atomic E-state index is 2.37. The first kappa shape index (κ1) is 21.3. The fourth-order valence-corrected chi connectivity index (χ4v) is 2.36. The molecule has 0 spiro atoms. The second-order valence-electron chi connectivity index (χ2n) is 7.09. The molecule has 0 radical (unpaired) electrons. The Labute approximate surface area is 124 Å². The van der Waals surface area contributed by atoms with Gasteiger partial charge < -0.3 is 4.90 Å². The molecule has 0 aliphatic rings. The van der Waals surface area contributed by atoms with Gasteiger partial charge in [-0.05, 0) is 51.6 Å². The maximum absolute atomic E-state index is 2.37. The molecule has 0 rings (SSSR count). The third-order valence-electron chi connectivity index (χ3n) is 3.98. The second kappa shape index (κ2) is 13.0. The summed E-state index contributed by atoms with van der Waals surface area (Å²) < 4.78 is 0. The quantitative estimate of drug-likeness (QED) is 0.536. The van der Waals surface area contributed by atoms with Crippen molar-refractivity contribution in [3.05, 3.63) is 0 Å². The van der Waals surface area contributed by atoms with E-state index in [2.05, 4.69) is 67.5 Å². The number of hydrogen-bond acceptors (Lipinski definition) is 1. The lowest BCUT2D eigenvalue weighted by atomic mass is 9.92. The zero-order chi connectivity index (χ0) is 15.4. The Morgan fingerprint density at radius 1 is 0.789 bits per heavy atom. The lowest BCUT2D eigenvalue weighted by molar-refractivity contribution is 0.274. The van der Waals surface area contributed by atoms with Crippen molar-refractivity contribution in [2.24, 2.45) is 17.8 Å². The molecular weight excluding hydrogens is 230 g/mol. The highest BCUT2D eigenvalue weighted by Gasteiger charge is 2.05. The highest BCUT2D eigenvalue weighted by molar-refractivity contribution is 4.60. The fraction of sp³-hybridized carbons (Fsp3) is 1.00. The monoisotopic (exact) mass is 271 g/mol. The van der Waals surface area contributed by atoms with Gasteiger partial charge in [0, 0.05) is 6.04 Å². The minimum absolute atomic E-state index is 0.727. The molecule has 1 nitrogen and oxygen atoms in total. The van der Waals surface area contributed by atoms with E-state index in [0.29, 0.717) is 0 Å². The molecule has 0 aromatic rings. The first-order chi connectivity index (χ1) is 8.74. The van der Waals surface area contributed by atoms with E-state index in [1.165, 1.54) is 32.1 Å². The third kappa shape index (κ3) is 15.9. The molecule has 1 heteroatoms. The van der Waals surface area contributed by atoms with Crippen LogP contribution < -0.4 is 0 Å². The van der Waals surface area contributed by atoms with Crippen molar-refractivity contribution in [1.82, 2.24) is 4.90 Å². The van der Waals surface area contributed by atoms with Crippen molar-refractivity contribution in [3.63, 3.8) is 0 Å². The SMILES string of the molecule is CC(C)CC(C)N(C)C.CCCC(C)CC(C)CC. The van der Waals surface area contributed by atoms with Gasteiger partial charge in [-0.3, -0.25) is 0 Å². The molecule has 0 saturated heterocycles. The minimum atomic E-state index is 0.727. The Kier molecular flexibility index (Phi) is 14.5. The summed E-state index contributed by atoms with van der Waals surface area (Å²) in [5.74, 6) is 2.70. The molecule has 19 heavy (non-hydrogen) atoms. The van der Waals surface area contributed by atoms with Gasteiger partial charge in [0.15, 0.2) is 0 Å². The molecule has 0 N–H and O–H groups in total. The predicted octanol–water partition coefficient (Wildman–Crippen LogP) is 5.84. The molecule has 0 aromatic carbocycles. The maximum Gasteiger partial charge on any atom is 0.00632 e. The lowest BCUT2D eigenvalue weighted by Gasteiger charge is -2.21. The Bertz CT molecular complexity index is 175. The van der Waals surface area contributed by atoms with E-state index in [1.807, 2.05) is 0 Å². The number of rotatable bonds is 8. The first-order valence-corrected chi connectivity index (χ1v) is 8.40. The van der Waals surface area contributed by atoms with E-state index in [-0.39, 0.29) is 0 Å². The van der Waals surface area contributed by atoms with Gasteiger partial charge >= 0.3 is 0 Å². The van der Waals surface area contributed by atoms with Gasteiger partial charge in [-0.1, -0.05) is 60.8 Å². The summed E-state index contributed by atoms with van der Waals surface area (Å²) in [6.07, 6.45) is 6.81. The van der Waals surface area contributed by atoms with Crippen LogP contribution in [0.3, 0.4) is 0 Å². The van der Waals surface area contributed by atoms with E-state index < -0.39 is 0 Å². The van der Waals surface area contributed by atoms with Crippen LogP contribution in [-0.4, -0.2) is 25.0 Å². The number of hydrogen-bond donors (Lipinski definition) is 0. The van der Waals surface area contributed by atoms with Crippen LogP contribution in [0.15, 0.2) is 0 Å². The van der Waals surface area contributed by atoms with Crippen LogP contribution in [0.1, 0.15) is 80.6 Å². The van der Waals surface area contributed by atoms with Crippen molar-refractivity contribution < 1.29 is 0 Å². The highest BCUT2D eigenvalue weighted by Crippen LogP contribution is 2.18. The van der Waals surface area contributed by atoms with Crippen molar-refractivity contribution in [1.29, 1.82) is 0 Å². The van der Waals surface area contributed by atoms with Crippen molar-refractivity contribution in [2.45, 2.75) is 86.6 Å². The first-order valence-electron chi connectivity index (χ1n) is 8.40. The zero-order valence-electron chi connectivity index (χ0n) is 15.3. The zero-order valence-corrected chi connectivity index (χ0v) is 15.3. The summed E-state index contributed by atoms with van der Waals surface area (Å²) in [5.41, 5.74) is 0. The van der Waals surface area contributed by atoms with E-state index in [1.54, 1.807) is 0 Å².